The maximum absolute atomic E-state index is 10.8. The van der Waals surface area contributed by atoms with Crippen LogP contribution >= 0.6 is 11.5 Å². The van der Waals surface area contributed by atoms with E-state index in [2.05, 4.69) is 9.69 Å². The van der Waals surface area contributed by atoms with Crippen molar-refractivity contribution in [2.24, 2.45) is 0 Å². The van der Waals surface area contributed by atoms with Gasteiger partial charge in [-0.05, 0) is 11.5 Å². The SMILES string of the molecule is CNC(=O)c1cc(N)sn1. The average Bonchev–Trinajstić information content (AvgIpc) is 2.34. The summed E-state index contributed by atoms with van der Waals surface area (Å²) in [6, 6.07) is 1.55. The van der Waals surface area contributed by atoms with E-state index in [1.807, 2.05) is 0 Å². The molecule has 0 unspecified atom stereocenters. The summed E-state index contributed by atoms with van der Waals surface area (Å²) >= 11 is 1.12. The number of hydrogen-bond donors (Lipinski definition) is 2. The fraction of sp³-hybridized carbons (Fsp3) is 0.200. The molecule has 5 heteroatoms. The van der Waals surface area contributed by atoms with Gasteiger partial charge in [0.25, 0.3) is 5.91 Å². The Morgan fingerprint density at radius 1 is 1.90 bits per heavy atom. The van der Waals surface area contributed by atoms with E-state index < -0.39 is 0 Å². The van der Waals surface area contributed by atoms with Gasteiger partial charge in [-0.1, -0.05) is 0 Å². The molecule has 54 valence electrons. The van der Waals surface area contributed by atoms with Crippen molar-refractivity contribution in [3.63, 3.8) is 0 Å². The van der Waals surface area contributed by atoms with Gasteiger partial charge in [-0.3, -0.25) is 4.79 Å². The van der Waals surface area contributed by atoms with Gasteiger partial charge in [0.2, 0.25) is 0 Å². The minimum Gasteiger partial charge on any atom is -0.389 e. The Labute approximate surface area is 62.2 Å². The quantitative estimate of drug-likeness (QED) is 0.606. The standard InChI is InChI=1S/C5H7N3OS/c1-7-5(9)3-2-4(6)10-8-3/h2H,6H2,1H3,(H,7,9). The molecule has 1 heterocycles. The van der Waals surface area contributed by atoms with Crippen molar-refractivity contribution in [1.82, 2.24) is 9.69 Å². The first kappa shape index (κ1) is 7.01. The maximum atomic E-state index is 10.8. The third-order valence-electron chi connectivity index (χ3n) is 0.988. The molecule has 10 heavy (non-hydrogen) atoms. The van der Waals surface area contributed by atoms with Crippen LogP contribution in [-0.2, 0) is 0 Å². The highest BCUT2D eigenvalue weighted by Gasteiger charge is 2.05. The molecule has 0 bridgehead atoms. The van der Waals surface area contributed by atoms with E-state index >= 15 is 0 Å². The summed E-state index contributed by atoms with van der Waals surface area (Å²) in [6.45, 7) is 0. The molecule has 0 aliphatic heterocycles. The van der Waals surface area contributed by atoms with Gasteiger partial charge in [0.15, 0.2) is 0 Å². The number of nitrogens with one attached hydrogen (secondary N) is 1. The van der Waals surface area contributed by atoms with E-state index in [0.717, 1.165) is 11.5 Å². The number of carbonyl (C=O) groups excluding carboxylic acids is 1. The molecule has 4 nitrogen and oxygen atoms in total. The number of rotatable bonds is 1. The molecule has 0 aliphatic rings. The molecular formula is C5H7N3OS. The predicted octanol–water partition coefficient (Wildman–Crippen LogP) is 0.0849. The Morgan fingerprint density at radius 2 is 2.60 bits per heavy atom. The monoisotopic (exact) mass is 157 g/mol. The minimum atomic E-state index is -0.201. The smallest absolute Gasteiger partial charge is 0.270 e. The Balaban J connectivity index is 2.85. The summed E-state index contributed by atoms with van der Waals surface area (Å²) in [4.78, 5) is 10.8. The largest absolute Gasteiger partial charge is 0.389 e. The molecule has 1 rings (SSSR count). The van der Waals surface area contributed by atoms with E-state index in [-0.39, 0.29) is 5.91 Å². The number of amides is 1. The molecule has 0 aromatic carbocycles. The van der Waals surface area contributed by atoms with Crippen LogP contribution in [-0.4, -0.2) is 17.3 Å². The molecule has 0 fully saturated rings. The zero-order valence-corrected chi connectivity index (χ0v) is 6.23. The number of nitrogen functional groups attached to an aromatic ring is 1. The molecule has 0 saturated heterocycles. The number of hydrogen-bond acceptors (Lipinski definition) is 4. The third-order valence-corrected chi connectivity index (χ3v) is 1.60. The van der Waals surface area contributed by atoms with Gasteiger partial charge in [0, 0.05) is 13.1 Å². The van der Waals surface area contributed by atoms with Crippen molar-refractivity contribution in [1.29, 1.82) is 0 Å². The Kier molecular flexibility index (Phi) is 1.86. The van der Waals surface area contributed by atoms with Gasteiger partial charge in [-0.15, -0.1) is 0 Å². The average molecular weight is 157 g/mol. The van der Waals surface area contributed by atoms with Crippen molar-refractivity contribution < 1.29 is 4.79 Å². The fourth-order valence-electron chi connectivity index (χ4n) is 0.524. The second-order valence-corrected chi connectivity index (χ2v) is 2.53. The van der Waals surface area contributed by atoms with Crippen LogP contribution in [0.15, 0.2) is 6.07 Å². The lowest BCUT2D eigenvalue weighted by Gasteiger charge is -1.89. The van der Waals surface area contributed by atoms with Gasteiger partial charge < -0.3 is 11.1 Å². The number of anilines is 1. The van der Waals surface area contributed by atoms with Crippen LogP contribution in [0.1, 0.15) is 10.5 Å². The van der Waals surface area contributed by atoms with Gasteiger partial charge in [-0.2, -0.15) is 4.37 Å². The Bertz CT molecular complexity index is 245. The van der Waals surface area contributed by atoms with E-state index in [4.69, 9.17) is 5.73 Å². The molecule has 0 radical (unpaired) electrons. The van der Waals surface area contributed by atoms with E-state index in [9.17, 15) is 4.79 Å². The number of aromatic nitrogens is 1. The second-order valence-electron chi connectivity index (χ2n) is 1.69. The van der Waals surface area contributed by atoms with Crippen molar-refractivity contribution in [2.45, 2.75) is 0 Å². The first-order valence-corrected chi connectivity index (χ1v) is 3.45. The van der Waals surface area contributed by atoms with Crippen LogP contribution in [0.25, 0.3) is 0 Å². The number of carbonyl (C=O) groups is 1. The molecule has 0 saturated carbocycles. The van der Waals surface area contributed by atoms with Crippen molar-refractivity contribution >= 4 is 22.4 Å². The lowest BCUT2D eigenvalue weighted by molar-refractivity contribution is 0.0959. The first-order valence-electron chi connectivity index (χ1n) is 2.68. The highest BCUT2D eigenvalue weighted by molar-refractivity contribution is 7.10. The molecule has 1 aromatic rings. The zero-order chi connectivity index (χ0) is 7.56. The molecule has 3 N–H and O–H groups in total. The zero-order valence-electron chi connectivity index (χ0n) is 5.42. The minimum absolute atomic E-state index is 0.201. The lowest BCUT2D eigenvalue weighted by atomic mass is 10.4. The van der Waals surface area contributed by atoms with E-state index in [1.165, 1.54) is 0 Å². The normalized spacial score (nSPS) is 9.30. The van der Waals surface area contributed by atoms with Gasteiger partial charge in [0.05, 0.1) is 0 Å². The molecule has 0 atom stereocenters. The van der Waals surface area contributed by atoms with Crippen molar-refractivity contribution in [2.75, 3.05) is 12.8 Å². The van der Waals surface area contributed by atoms with Crippen LogP contribution in [0.5, 0.6) is 0 Å². The highest BCUT2D eigenvalue weighted by atomic mass is 32.1. The third kappa shape index (κ3) is 1.24. The van der Waals surface area contributed by atoms with Crippen molar-refractivity contribution in [3.05, 3.63) is 11.8 Å². The Morgan fingerprint density at radius 3 is 3.00 bits per heavy atom. The second kappa shape index (κ2) is 2.66. The predicted molar refractivity (Wildman–Crippen MR) is 39.9 cm³/mol. The maximum Gasteiger partial charge on any atom is 0.270 e. The van der Waals surface area contributed by atoms with Crippen LogP contribution < -0.4 is 11.1 Å². The highest BCUT2D eigenvalue weighted by Crippen LogP contribution is 2.10. The van der Waals surface area contributed by atoms with Gasteiger partial charge in [0.1, 0.15) is 10.7 Å². The molecular weight excluding hydrogens is 150 g/mol. The molecule has 0 spiro atoms. The summed E-state index contributed by atoms with van der Waals surface area (Å²) < 4.78 is 3.79. The fourth-order valence-corrected chi connectivity index (χ4v) is 1.03. The topological polar surface area (TPSA) is 68.0 Å². The summed E-state index contributed by atoms with van der Waals surface area (Å²) in [5.74, 6) is -0.201. The summed E-state index contributed by atoms with van der Waals surface area (Å²) in [6.07, 6.45) is 0. The van der Waals surface area contributed by atoms with Gasteiger partial charge in [-0.25, -0.2) is 0 Å². The summed E-state index contributed by atoms with van der Waals surface area (Å²) in [5, 5.41) is 3.00. The summed E-state index contributed by atoms with van der Waals surface area (Å²) in [5.41, 5.74) is 5.73. The van der Waals surface area contributed by atoms with Crippen molar-refractivity contribution in [3.8, 4) is 0 Å². The number of nitrogens with two attached hydrogens (primary N) is 1. The van der Waals surface area contributed by atoms with E-state index in [0.29, 0.717) is 10.7 Å². The number of nitrogens with zero attached hydrogens (tertiary/aromatic N) is 1. The molecule has 1 aromatic heterocycles. The summed E-state index contributed by atoms with van der Waals surface area (Å²) in [7, 11) is 1.55. The molecule has 0 aliphatic carbocycles. The molecule has 1 amide bonds. The lowest BCUT2D eigenvalue weighted by Crippen LogP contribution is -2.17. The first-order chi connectivity index (χ1) is 4.74. The van der Waals surface area contributed by atoms with Crippen LogP contribution in [0.2, 0.25) is 0 Å². The van der Waals surface area contributed by atoms with Crippen LogP contribution in [0.4, 0.5) is 5.00 Å². The van der Waals surface area contributed by atoms with E-state index in [1.54, 1.807) is 13.1 Å². The van der Waals surface area contributed by atoms with Crippen LogP contribution in [0, 0.1) is 0 Å². The van der Waals surface area contributed by atoms with Gasteiger partial charge >= 0.3 is 0 Å². The van der Waals surface area contributed by atoms with Crippen LogP contribution in [0.3, 0.4) is 0 Å². The Hall–Kier alpha value is -1.10.